The van der Waals surface area contributed by atoms with Crippen LogP contribution in [0.15, 0.2) is 47.5 Å². The van der Waals surface area contributed by atoms with Crippen molar-refractivity contribution in [3.05, 3.63) is 70.5 Å². The number of benzene rings is 2. The lowest BCUT2D eigenvalue weighted by Gasteiger charge is -2.16. The molecule has 0 spiro atoms. The number of nitrogens with one attached hydrogen (secondary N) is 2. The minimum absolute atomic E-state index is 0. The number of rotatable bonds is 9. The molecule has 0 radical (unpaired) electrons. The predicted octanol–water partition coefficient (Wildman–Crippen LogP) is 4.68. The molecule has 1 amide bonds. The number of likely N-dealkylation sites (tertiary alicyclic amines) is 1. The molecule has 1 aliphatic heterocycles. The monoisotopic (exact) mass is 570 g/mol. The molecule has 1 aliphatic rings. The van der Waals surface area contributed by atoms with Crippen molar-refractivity contribution in [3.63, 3.8) is 0 Å². The molecule has 0 aromatic heterocycles. The smallest absolute Gasteiger partial charge is 0.222 e. The molecule has 1 heterocycles. The van der Waals surface area contributed by atoms with Crippen molar-refractivity contribution in [2.75, 3.05) is 19.3 Å². The van der Waals surface area contributed by atoms with E-state index in [2.05, 4.69) is 39.9 Å². The van der Waals surface area contributed by atoms with Gasteiger partial charge in [-0.15, -0.1) is 24.0 Å². The third kappa shape index (κ3) is 7.95. The van der Waals surface area contributed by atoms with E-state index in [-0.39, 0.29) is 35.7 Å². The van der Waals surface area contributed by atoms with Gasteiger partial charge in [-0.1, -0.05) is 30.3 Å². The predicted molar refractivity (Wildman–Crippen MR) is 142 cm³/mol. The quantitative estimate of drug-likeness (QED) is 0.261. The van der Waals surface area contributed by atoms with Crippen LogP contribution in [-0.2, 0) is 30.2 Å². The Balaban J connectivity index is 0.00000363. The highest BCUT2D eigenvalue weighted by molar-refractivity contribution is 14.0. The molecule has 0 unspecified atom stereocenters. The van der Waals surface area contributed by atoms with E-state index in [1.54, 1.807) is 17.8 Å². The molecule has 8 heteroatoms. The molecular weight excluding hydrogens is 538 g/mol. The van der Waals surface area contributed by atoms with E-state index in [1.165, 1.54) is 6.07 Å². The lowest BCUT2D eigenvalue weighted by atomic mass is 10.1. The van der Waals surface area contributed by atoms with Crippen LogP contribution in [0.3, 0.4) is 0 Å². The van der Waals surface area contributed by atoms with E-state index in [9.17, 15) is 9.18 Å². The van der Waals surface area contributed by atoms with Gasteiger partial charge >= 0.3 is 0 Å². The molecule has 1 fully saturated rings. The summed E-state index contributed by atoms with van der Waals surface area (Å²) in [5.41, 5.74) is 4.33. The van der Waals surface area contributed by atoms with Gasteiger partial charge in [-0.25, -0.2) is 9.38 Å². The minimum atomic E-state index is -0.203. The molecule has 2 aromatic carbocycles. The van der Waals surface area contributed by atoms with Gasteiger partial charge in [0.25, 0.3) is 0 Å². The van der Waals surface area contributed by atoms with Crippen molar-refractivity contribution < 1.29 is 9.18 Å². The first-order chi connectivity index (χ1) is 15.1. The Morgan fingerprint density at radius 2 is 1.88 bits per heavy atom. The van der Waals surface area contributed by atoms with Crippen LogP contribution in [0.2, 0.25) is 0 Å². The summed E-state index contributed by atoms with van der Waals surface area (Å²) >= 11 is 1.68. The van der Waals surface area contributed by atoms with E-state index < -0.39 is 0 Å². The molecule has 2 N–H and O–H groups in total. The number of nitrogens with zero attached hydrogens (tertiary/aromatic N) is 2. The first-order valence-corrected chi connectivity index (χ1v) is 12.1. The Labute approximate surface area is 211 Å². The molecule has 0 bridgehead atoms. The van der Waals surface area contributed by atoms with Crippen LogP contribution in [0.25, 0.3) is 0 Å². The topological polar surface area (TPSA) is 56.7 Å². The Kier molecular flexibility index (Phi) is 11.3. The van der Waals surface area contributed by atoms with Gasteiger partial charge in [-0.2, -0.15) is 11.8 Å². The number of carbonyl (C=O) groups excluding carboxylic acids is 1. The number of thioether (sulfide) groups is 1. The summed E-state index contributed by atoms with van der Waals surface area (Å²) in [6.45, 7) is 5.47. The third-order valence-electron chi connectivity index (χ3n) is 5.25. The van der Waals surface area contributed by atoms with Gasteiger partial charge in [0.15, 0.2) is 5.96 Å². The zero-order valence-electron chi connectivity index (χ0n) is 18.7. The van der Waals surface area contributed by atoms with Gasteiger partial charge in [0.05, 0.1) is 6.54 Å². The van der Waals surface area contributed by atoms with Crippen LogP contribution in [-0.4, -0.2) is 36.1 Å². The Morgan fingerprint density at radius 1 is 1.12 bits per heavy atom. The van der Waals surface area contributed by atoms with Crippen LogP contribution in [0.5, 0.6) is 0 Å². The average molecular weight is 571 g/mol. The lowest BCUT2D eigenvalue weighted by Crippen LogP contribution is -2.37. The molecule has 0 atom stereocenters. The number of amides is 1. The molecular formula is C24H32FIN4OS. The van der Waals surface area contributed by atoms with Crippen LogP contribution < -0.4 is 10.6 Å². The van der Waals surface area contributed by atoms with E-state index in [0.29, 0.717) is 26.1 Å². The second kappa shape index (κ2) is 13.7. The Morgan fingerprint density at radius 3 is 2.53 bits per heavy atom. The number of aliphatic imine (C=N–C) groups is 1. The molecule has 5 nitrogen and oxygen atoms in total. The van der Waals surface area contributed by atoms with Crippen molar-refractivity contribution in [2.24, 2.45) is 4.99 Å². The standard InChI is InChI=1S/C24H31FN4OS.HI/c1-3-26-24(28-15-20-10-11-22(25)13-21(20)17-31-2)27-14-18-6-8-19(9-7-18)16-29-12-4-5-23(29)30;/h6-11,13H,3-5,12,14-17H2,1-2H3,(H2,26,27,28);1H. The van der Waals surface area contributed by atoms with Crippen LogP contribution in [0.1, 0.15) is 42.0 Å². The van der Waals surface area contributed by atoms with E-state index in [4.69, 9.17) is 0 Å². The zero-order chi connectivity index (χ0) is 22.1. The Bertz CT molecular complexity index is 907. The van der Waals surface area contributed by atoms with Crippen molar-refractivity contribution in [2.45, 2.75) is 45.2 Å². The molecule has 32 heavy (non-hydrogen) atoms. The van der Waals surface area contributed by atoms with Gasteiger partial charge in [-0.05, 0) is 54.0 Å². The average Bonchev–Trinajstić information content (AvgIpc) is 3.17. The van der Waals surface area contributed by atoms with Crippen LogP contribution in [0, 0.1) is 5.82 Å². The van der Waals surface area contributed by atoms with Crippen molar-refractivity contribution in [1.29, 1.82) is 0 Å². The fourth-order valence-corrected chi connectivity index (χ4v) is 4.17. The van der Waals surface area contributed by atoms with Crippen molar-refractivity contribution in [1.82, 2.24) is 15.5 Å². The molecule has 1 saturated heterocycles. The first kappa shape index (κ1) is 26.4. The summed E-state index contributed by atoms with van der Waals surface area (Å²) in [6, 6.07) is 13.2. The number of hydrogen-bond donors (Lipinski definition) is 2. The molecule has 174 valence electrons. The third-order valence-corrected chi connectivity index (χ3v) is 5.85. The van der Waals surface area contributed by atoms with Gasteiger partial charge in [0.2, 0.25) is 5.91 Å². The van der Waals surface area contributed by atoms with E-state index in [0.717, 1.165) is 53.5 Å². The number of hydrogen-bond acceptors (Lipinski definition) is 3. The maximum absolute atomic E-state index is 13.6. The van der Waals surface area contributed by atoms with Gasteiger partial charge < -0.3 is 15.5 Å². The normalized spacial score (nSPS) is 13.8. The summed E-state index contributed by atoms with van der Waals surface area (Å²) in [5.74, 6) is 1.55. The second-order valence-electron chi connectivity index (χ2n) is 7.63. The summed E-state index contributed by atoms with van der Waals surface area (Å²) in [6.07, 6.45) is 3.65. The van der Waals surface area contributed by atoms with Gasteiger partial charge in [0.1, 0.15) is 5.82 Å². The minimum Gasteiger partial charge on any atom is -0.357 e. The molecule has 0 aliphatic carbocycles. The number of halogens is 2. The van der Waals surface area contributed by atoms with Gasteiger partial charge in [0, 0.05) is 38.4 Å². The highest BCUT2D eigenvalue weighted by Crippen LogP contribution is 2.17. The highest BCUT2D eigenvalue weighted by Gasteiger charge is 2.19. The van der Waals surface area contributed by atoms with E-state index >= 15 is 0 Å². The van der Waals surface area contributed by atoms with Gasteiger partial charge in [-0.3, -0.25) is 4.79 Å². The van der Waals surface area contributed by atoms with E-state index in [1.807, 2.05) is 24.1 Å². The molecule has 0 saturated carbocycles. The summed E-state index contributed by atoms with van der Waals surface area (Å²) < 4.78 is 13.6. The largest absolute Gasteiger partial charge is 0.357 e. The van der Waals surface area contributed by atoms with Crippen molar-refractivity contribution >= 4 is 47.6 Å². The molecule has 3 rings (SSSR count). The SMILES string of the molecule is CCNC(=NCc1ccc(CN2CCCC2=O)cc1)NCc1ccc(F)cc1CSC.I. The molecule has 2 aromatic rings. The lowest BCUT2D eigenvalue weighted by molar-refractivity contribution is -0.128. The number of carbonyl (C=O) groups is 1. The fourth-order valence-electron chi connectivity index (χ4n) is 3.59. The van der Waals surface area contributed by atoms with Crippen molar-refractivity contribution in [3.8, 4) is 0 Å². The maximum Gasteiger partial charge on any atom is 0.222 e. The maximum atomic E-state index is 13.6. The zero-order valence-corrected chi connectivity index (χ0v) is 21.8. The summed E-state index contributed by atoms with van der Waals surface area (Å²) in [5, 5.41) is 6.62. The van der Waals surface area contributed by atoms with Crippen LogP contribution >= 0.6 is 35.7 Å². The highest BCUT2D eigenvalue weighted by atomic mass is 127. The number of guanidine groups is 1. The Hall–Kier alpha value is -1.81. The first-order valence-electron chi connectivity index (χ1n) is 10.7. The fraction of sp³-hybridized carbons (Fsp3) is 0.417. The second-order valence-corrected chi connectivity index (χ2v) is 8.50. The van der Waals surface area contributed by atoms with Crippen LogP contribution in [0.4, 0.5) is 4.39 Å². The summed E-state index contributed by atoms with van der Waals surface area (Å²) in [4.78, 5) is 18.4. The summed E-state index contributed by atoms with van der Waals surface area (Å²) in [7, 11) is 0.